The number of nitrogens with zero attached hydrogens (tertiary/aromatic N) is 2. The second-order valence-electron chi connectivity index (χ2n) is 5.23. The fourth-order valence-corrected chi connectivity index (χ4v) is 2.71. The smallest absolute Gasteiger partial charge is 0.120 e. The van der Waals surface area contributed by atoms with Crippen LogP contribution in [0.1, 0.15) is 25.2 Å². The second kappa shape index (κ2) is 8.60. The van der Waals surface area contributed by atoms with Gasteiger partial charge < -0.3 is 10.3 Å². The number of nitrogens with one attached hydrogen (secondary N) is 2. The van der Waals surface area contributed by atoms with Gasteiger partial charge in [-0.15, -0.1) is 0 Å². The van der Waals surface area contributed by atoms with E-state index in [2.05, 4.69) is 64.4 Å². The first kappa shape index (κ1) is 15.7. The van der Waals surface area contributed by atoms with E-state index in [1.54, 1.807) is 6.20 Å². The quantitative estimate of drug-likeness (QED) is 0.744. The van der Waals surface area contributed by atoms with Gasteiger partial charge >= 0.3 is 0 Å². The Hall–Kier alpha value is -1.65. The van der Waals surface area contributed by atoms with E-state index in [9.17, 15) is 0 Å². The molecule has 0 radical (unpaired) electrons. The molecule has 4 heteroatoms. The van der Waals surface area contributed by atoms with E-state index in [4.69, 9.17) is 0 Å². The molecule has 1 atom stereocenters. The van der Waals surface area contributed by atoms with Crippen LogP contribution >= 0.6 is 0 Å². The van der Waals surface area contributed by atoms with Crippen LogP contribution in [0.2, 0.25) is 0 Å². The molecule has 0 saturated heterocycles. The molecule has 2 aromatic rings. The number of aromatic nitrogens is 2. The van der Waals surface area contributed by atoms with Crippen LogP contribution in [-0.2, 0) is 13.0 Å². The highest BCUT2D eigenvalue weighted by Crippen LogP contribution is 2.08. The van der Waals surface area contributed by atoms with Crippen LogP contribution in [0.5, 0.6) is 0 Å². The molecule has 4 nitrogen and oxygen atoms in total. The van der Waals surface area contributed by atoms with Crippen LogP contribution in [0, 0.1) is 0 Å². The lowest BCUT2D eigenvalue weighted by Gasteiger charge is -2.30. The lowest BCUT2D eigenvalue weighted by Crippen LogP contribution is -2.43. The zero-order valence-corrected chi connectivity index (χ0v) is 13.0. The Labute approximate surface area is 127 Å². The SMILES string of the molecule is CCN(CC)C(CNCc1ncc[nH]1)Cc1ccccc1. The van der Waals surface area contributed by atoms with Crippen LogP contribution in [0.25, 0.3) is 0 Å². The third-order valence-corrected chi connectivity index (χ3v) is 3.87. The van der Waals surface area contributed by atoms with Crippen molar-refractivity contribution in [3.05, 3.63) is 54.1 Å². The van der Waals surface area contributed by atoms with Gasteiger partial charge in [-0.3, -0.25) is 4.90 Å². The van der Waals surface area contributed by atoms with E-state index in [0.717, 1.165) is 38.4 Å². The number of hydrogen-bond donors (Lipinski definition) is 2. The second-order valence-corrected chi connectivity index (χ2v) is 5.23. The maximum absolute atomic E-state index is 4.25. The lowest BCUT2D eigenvalue weighted by molar-refractivity contribution is 0.209. The standard InChI is InChI=1S/C17H26N4/c1-3-21(4-2)16(12-15-8-6-5-7-9-15)13-18-14-17-19-10-11-20-17/h5-11,16,18H,3-4,12-14H2,1-2H3,(H,19,20). The van der Waals surface area contributed by atoms with Crippen molar-refractivity contribution in [3.63, 3.8) is 0 Å². The van der Waals surface area contributed by atoms with E-state index in [1.807, 2.05) is 6.20 Å². The summed E-state index contributed by atoms with van der Waals surface area (Å²) in [6.07, 6.45) is 4.74. The minimum atomic E-state index is 0.511. The molecule has 0 aliphatic heterocycles. The summed E-state index contributed by atoms with van der Waals surface area (Å²) in [7, 11) is 0. The van der Waals surface area contributed by atoms with Gasteiger partial charge in [0.1, 0.15) is 5.82 Å². The van der Waals surface area contributed by atoms with Crippen molar-refractivity contribution in [2.45, 2.75) is 32.9 Å². The molecule has 0 amide bonds. The van der Waals surface area contributed by atoms with Crippen LogP contribution in [-0.4, -0.2) is 40.5 Å². The summed E-state index contributed by atoms with van der Waals surface area (Å²) in [4.78, 5) is 9.90. The van der Waals surface area contributed by atoms with E-state index in [0.29, 0.717) is 6.04 Å². The van der Waals surface area contributed by atoms with Crippen molar-refractivity contribution in [2.75, 3.05) is 19.6 Å². The van der Waals surface area contributed by atoms with E-state index in [-0.39, 0.29) is 0 Å². The predicted octanol–water partition coefficient (Wildman–Crippen LogP) is 2.45. The first-order chi connectivity index (χ1) is 10.3. The highest BCUT2D eigenvalue weighted by Gasteiger charge is 2.16. The Bertz CT molecular complexity index is 477. The van der Waals surface area contributed by atoms with Gasteiger partial charge in [-0.25, -0.2) is 4.98 Å². The molecule has 0 aliphatic rings. The van der Waals surface area contributed by atoms with Crippen LogP contribution in [0.3, 0.4) is 0 Å². The monoisotopic (exact) mass is 286 g/mol. The normalized spacial score (nSPS) is 12.7. The Morgan fingerprint density at radius 2 is 1.95 bits per heavy atom. The zero-order valence-electron chi connectivity index (χ0n) is 13.0. The van der Waals surface area contributed by atoms with Crippen LogP contribution in [0.4, 0.5) is 0 Å². The number of benzene rings is 1. The lowest BCUT2D eigenvalue weighted by atomic mass is 10.0. The average molecular weight is 286 g/mol. The fraction of sp³-hybridized carbons (Fsp3) is 0.471. The molecular formula is C17H26N4. The topological polar surface area (TPSA) is 44.0 Å². The molecular weight excluding hydrogens is 260 g/mol. The first-order valence-electron chi connectivity index (χ1n) is 7.80. The van der Waals surface area contributed by atoms with Crippen molar-refractivity contribution in [2.24, 2.45) is 0 Å². The fourth-order valence-electron chi connectivity index (χ4n) is 2.71. The summed E-state index contributed by atoms with van der Waals surface area (Å²) >= 11 is 0. The third kappa shape index (κ3) is 4.99. The highest BCUT2D eigenvalue weighted by atomic mass is 15.2. The van der Waals surface area contributed by atoms with Crippen molar-refractivity contribution < 1.29 is 0 Å². The summed E-state index contributed by atoms with van der Waals surface area (Å²) in [6, 6.07) is 11.2. The number of likely N-dealkylation sites (N-methyl/N-ethyl adjacent to an activating group) is 1. The van der Waals surface area contributed by atoms with Gasteiger partial charge in [-0.1, -0.05) is 44.2 Å². The van der Waals surface area contributed by atoms with Gasteiger partial charge in [0, 0.05) is 25.0 Å². The third-order valence-electron chi connectivity index (χ3n) is 3.87. The minimum Gasteiger partial charge on any atom is -0.348 e. The van der Waals surface area contributed by atoms with Gasteiger partial charge in [0.15, 0.2) is 0 Å². The number of hydrogen-bond acceptors (Lipinski definition) is 3. The summed E-state index contributed by atoms with van der Waals surface area (Å²) in [5, 5.41) is 3.52. The number of imidazole rings is 1. The number of aromatic amines is 1. The average Bonchev–Trinajstić information content (AvgIpc) is 3.02. The zero-order chi connectivity index (χ0) is 14.9. The van der Waals surface area contributed by atoms with Gasteiger partial charge in [0.25, 0.3) is 0 Å². The Kier molecular flexibility index (Phi) is 6.44. The van der Waals surface area contributed by atoms with E-state index in [1.165, 1.54) is 5.56 Å². The summed E-state index contributed by atoms with van der Waals surface area (Å²) in [5.74, 6) is 0.994. The first-order valence-corrected chi connectivity index (χ1v) is 7.80. The van der Waals surface area contributed by atoms with Gasteiger partial charge in [-0.05, 0) is 25.1 Å². The molecule has 1 aromatic carbocycles. The molecule has 2 N–H and O–H groups in total. The van der Waals surface area contributed by atoms with Crippen LogP contribution in [0.15, 0.2) is 42.7 Å². The predicted molar refractivity (Wildman–Crippen MR) is 87.1 cm³/mol. The molecule has 21 heavy (non-hydrogen) atoms. The summed E-state index contributed by atoms with van der Waals surface area (Å²) in [6.45, 7) is 8.38. The van der Waals surface area contributed by atoms with Crippen molar-refractivity contribution in [1.29, 1.82) is 0 Å². The van der Waals surface area contributed by atoms with E-state index >= 15 is 0 Å². The van der Waals surface area contributed by atoms with E-state index < -0.39 is 0 Å². The largest absolute Gasteiger partial charge is 0.348 e. The molecule has 0 aliphatic carbocycles. The molecule has 1 heterocycles. The summed E-state index contributed by atoms with van der Waals surface area (Å²) in [5.41, 5.74) is 1.40. The summed E-state index contributed by atoms with van der Waals surface area (Å²) < 4.78 is 0. The minimum absolute atomic E-state index is 0.511. The van der Waals surface area contributed by atoms with Crippen molar-refractivity contribution >= 4 is 0 Å². The Balaban J connectivity index is 1.91. The molecule has 1 aromatic heterocycles. The molecule has 2 rings (SSSR count). The Morgan fingerprint density at radius 1 is 1.19 bits per heavy atom. The maximum Gasteiger partial charge on any atom is 0.120 e. The van der Waals surface area contributed by atoms with Gasteiger partial charge in [0.2, 0.25) is 0 Å². The molecule has 0 saturated carbocycles. The Morgan fingerprint density at radius 3 is 2.57 bits per heavy atom. The number of H-pyrrole nitrogens is 1. The molecule has 114 valence electrons. The molecule has 0 bridgehead atoms. The van der Waals surface area contributed by atoms with Gasteiger partial charge in [-0.2, -0.15) is 0 Å². The number of rotatable bonds is 9. The van der Waals surface area contributed by atoms with Crippen molar-refractivity contribution in [3.8, 4) is 0 Å². The van der Waals surface area contributed by atoms with Crippen molar-refractivity contribution in [1.82, 2.24) is 20.2 Å². The van der Waals surface area contributed by atoms with Gasteiger partial charge in [0.05, 0.1) is 6.54 Å². The highest BCUT2D eigenvalue weighted by molar-refractivity contribution is 5.16. The maximum atomic E-state index is 4.25. The molecule has 0 fully saturated rings. The van der Waals surface area contributed by atoms with Crippen LogP contribution < -0.4 is 5.32 Å². The molecule has 1 unspecified atom stereocenters. The molecule has 0 spiro atoms.